The number of hydrogen-bond acceptors (Lipinski definition) is 7. The summed E-state index contributed by atoms with van der Waals surface area (Å²) in [7, 11) is -3.66. The first-order valence-corrected chi connectivity index (χ1v) is 10.8. The minimum absolute atomic E-state index is 0.00122. The number of nitrogens with zero attached hydrogens (tertiary/aromatic N) is 6. The quantitative estimate of drug-likeness (QED) is 0.524. The second-order valence-electron chi connectivity index (χ2n) is 6.58. The molecule has 0 unspecified atom stereocenters. The fraction of sp³-hybridized carbons (Fsp3) is 0.294. The zero-order valence-electron chi connectivity index (χ0n) is 14.3. The van der Waals surface area contributed by atoms with Gasteiger partial charge in [-0.25, -0.2) is 8.42 Å². The fourth-order valence-electron chi connectivity index (χ4n) is 3.64. The van der Waals surface area contributed by atoms with E-state index in [1.165, 1.54) is 0 Å². The standard InChI is InChI=1S/C17H16N6O2S2/c24-27(25,14-7-3-6-13-16(14)21-26-20-13)22-9-4-5-12(11-22)17-19-18-15-8-1-2-10-23(15)17/h1-3,6-8,10,12H,4-5,9,11H2/t12-/m1/s1. The fourth-order valence-corrected chi connectivity index (χ4v) is 5.91. The Labute approximate surface area is 159 Å². The molecule has 0 bridgehead atoms. The number of fused-ring (bicyclic) bond motifs is 2. The zero-order valence-corrected chi connectivity index (χ0v) is 15.9. The van der Waals surface area contributed by atoms with Crippen molar-refractivity contribution in [2.75, 3.05) is 13.1 Å². The van der Waals surface area contributed by atoms with E-state index >= 15 is 0 Å². The predicted molar refractivity (Wildman–Crippen MR) is 101 cm³/mol. The average Bonchev–Trinajstić information content (AvgIpc) is 3.34. The van der Waals surface area contributed by atoms with Crippen molar-refractivity contribution >= 4 is 38.4 Å². The third-order valence-corrected chi connectivity index (χ3v) is 7.40. The van der Waals surface area contributed by atoms with Crippen molar-refractivity contribution in [1.82, 2.24) is 27.7 Å². The number of benzene rings is 1. The van der Waals surface area contributed by atoms with Crippen LogP contribution in [-0.2, 0) is 10.0 Å². The van der Waals surface area contributed by atoms with Crippen LogP contribution in [0.3, 0.4) is 0 Å². The van der Waals surface area contributed by atoms with Gasteiger partial charge in [0.2, 0.25) is 10.0 Å². The summed E-state index contributed by atoms with van der Waals surface area (Å²) < 4.78 is 38.4. The number of piperidine rings is 1. The van der Waals surface area contributed by atoms with Gasteiger partial charge in [0, 0.05) is 25.2 Å². The molecular weight excluding hydrogens is 384 g/mol. The Morgan fingerprint density at radius 1 is 1.07 bits per heavy atom. The van der Waals surface area contributed by atoms with Gasteiger partial charge in [0.1, 0.15) is 21.8 Å². The first-order chi connectivity index (χ1) is 13.1. The molecule has 27 heavy (non-hydrogen) atoms. The van der Waals surface area contributed by atoms with E-state index in [0.29, 0.717) is 24.1 Å². The predicted octanol–water partition coefficient (Wildman–Crippen LogP) is 2.30. The molecule has 1 atom stereocenters. The van der Waals surface area contributed by atoms with Crippen LogP contribution in [0.1, 0.15) is 24.6 Å². The third kappa shape index (κ3) is 2.71. The lowest BCUT2D eigenvalue weighted by Gasteiger charge is -2.31. The summed E-state index contributed by atoms with van der Waals surface area (Å²) in [6.07, 6.45) is 3.57. The van der Waals surface area contributed by atoms with Gasteiger partial charge >= 0.3 is 0 Å². The van der Waals surface area contributed by atoms with Crippen molar-refractivity contribution in [3.63, 3.8) is 0 Å². The van der Waals surface area contributed by atoms with E-state index in [0.717, 1.165) is 36.0 Å². The Morgan fingerprint density at radius 2 is 2.00 bits per heavy atom. The largest absolute Gasteiger partial charge is 0.286 e. The van der Waals surface area contributed by atoms with E-state index in [-0.39, 0.29) is 10.8 Å². The smallest absolute Gasteiger partial charge is 0.245 e. The zero-order chi connectivity index (χ0) is 18.4. The molecule has 0 spiro atoms. The maximum Gasteiger partial charge on any atom is 0.245 e. The van der Waals surface area contributed by atoms with Crippen LogP contribution in [-0.4, -0.2) is 49.2 Å². The van der Waals surface area contributed by atoms with Gasteiger partial charge in [-0.3, -0.25) is 4.40 Å². The van der Waals surface area contributed by atoms with E-state index in [4.69, 9.17) is 0 Å². The SMILES string of the molecule is O=S(=O)(c1cccc2nsnc12)N1CCC[C@@H](c2nnc3ccccn23)C1. The van der Waals surface area contributed by atoms with Gasteiger partial charge in [-0.05, 0) is 37.1 Å². The van der Waals surface area contributed by atoms with Gasteiger partial charge in [-0.1, -0.05) is 12.1 Å². The van der Waals surface area contributed by atoms with Crippen LogP contribution in [0, 0.1) is 0 Å². The molecule has 138 valence electrons. The van der Waals surface area contributed by atoms with Crippen LogP contribution < -0.4 is 0 Å². The summed E-state index contributed by atoms with van der Waals surface area (Å²) >= 11 is 1.03. The minimum Gasteiger partial charge on any atom is -0.286 e. The third-order valence-electron chi connectivity index (χ3n) is 4.96. The van der Waals surface area contributed by atoms with Crippen LogP contribution >= 0.6 is 11.7 Å². The Balaban J connectivity index is 1.51. The number of hydrogen-bond donors (Lipinski definition) is 0. The molecule has 1 aliphatic rings. The van der Waals surface area contributed by atoms with Gasteiger partial charge in [-0.15, -0.1) is 10.2 Å². The first-order valence-electron chi connectivity index (χ1n) is 8.66. The summed E-state index contributed by atoms with van der Waals surface area (Å²) in [6.45, 7) is 0.871. The molecule has 1 aromatic carbocycles. The second-order valence-corrected chi connectivity index (χ2v) is 9.01. The highest BCUT2D eigenvalue weighted by molar-refractivity contribution is 7.89. The monoisotopic (exact) mass is 400 g/mol. The van der Waals surface area contributed by atoms with Crippen molar-refractivity contribution in [2.45, 2.75) is 23.7 Å². The highest BCUT2D eigenvalue weighted by atomic mass is 32.2. The average molecular weight is 400 g/mol. The maximum absolute atomic E-state index is 13.3. The Morgan fingerprint density at radius 3 is 2.93 bits per heavy atom. The molecule has 0 N–H and O–H groups in total. The van der Waals surface area contributed by atoms with E-state index in [1.807, 2.05) is 28.8 Å². The summed E-state index contributed by atoms with van der Waals surface area (Å²) in [5, 5.41) is 8.52. The van der Waals surface area contributed by atoms with Crippen LogP contribution in [0.2, 0.25) is 0 Å². The molecule has 0 amide bonds. The number of pyridine rings is 1. The molecule has 1 aliphatic heterocycles. The van der Waals surface area contributed by atoms with Crippen molar-refractivity contribution in [3.05, 3.63) is 48.4 Å². The molecular formula is C17H16N6O2S2. The van der Waals surface area contributed by atoms with Gasteiger partial charge in [-0.2, -0.15) is 13.1 Å². The Hall–Kier alpha value is -2.43. The minimum atomic E-state index is -3.66. The van der Waals surface area contributed by atoms with Crippen molar-refractivity contribution in [3.8, 4) is 0 Å². The van der Waals surface area contributed by atoms with E-state index < -0.39 is 10.0 Å². The highest BCUT2D eigenvalue weighted by Gasteiger charge is 2.34. The number of aromatic nitrogens is 5. The topological polar surface area (TPSA) is 93.4 Å². The molecule has 5 rings (SSSR count). The molecule has 0 aliphatic carbocycles. The second kappa shape index (κ2) is 6.32. The Bertz CT molecular complexity index is 1230. The van der Waals surface area contributed by atoms with E-state index in [9.17, 15) is 8.42 Å². The van der Waals surface area contributed by atoms with Gasteiger partial charge in [0.25, 0.3) is 0 Å². The highest BCUT2D eigenvalue weighted by Crippen LogP contribution is 2.31. The summed E-state index contributed by atoms with van der Waals surface area (Å²) in [6, 6.07) is 10.8. The van der Waals surface area contributed by atoms with Crippen LogP contribution in [0.4, 0.5) is 0 Å². The van der Waals surface area contributed by atoms with E-state index in [1.54, 1.807) is 22.5 Å². The van der Waals surface area contributed by atoms with Gasteiger partial charge in [0.15, 0.2) is 5.65 Å². The Kier molecular flexibility index (Phi) is 3.92. The van der Waals surface area contributed by atoms with Crippen molar-refractivity contribution in [1.29, 1.82) is 0 Å². The lowest BCUT2D eigenvalue weighted by atomic mass is 9.99. The normalized spacial score (nSPS) is 19.0. The van der Waals surface area contributed by atoms with Gasteiger partial charge < -0.3 is 0 Å². The first kappa shape index (κ1) is 16.7. The van der Waals surface area contributed by atoms with E-state index in [2.05, 4.69) is 18.9 Å². The molecule has 0 saturated carbocycles. The summed E-state index contributed by atoms with van der Waals surface area (Å²) in [5.41, 5.74) is 1.82. The molecule has 10 heteroatoms. The molecule has 4 aromatic rings. The van der Waals surface area contributed by atoms with Gasteiger partial charge in [0.05, 0.1) is 11.7 Å². The summed E-state index contributed by atoms with van der Waals surface area (Å²) in [5.74, 6) is 0.803. The maximum atomic E-state index is 13.3. The lowest BCUT2D eigenvalue weighted by molar-refractivity contribution is 0.308. The van der Waals surface area contributed by atoms with Crippen LogP contribution in [0.5, 0.6) is 0 Å². The molecule has 1 saturated heterocycles. The molecule has 1 fully saturated rings. The molecule has 8 nitrogen and oxygen atoms in total. The van der Waals surface area contributed by atoms with Crippen molar-refractivity contribution in [2.24, 2.45) is 0 Å². The van der Waals surface area contributed by atoms with Crippen molar-refractivity contribution < 1.29 is 8.42 Å². The number of rotatable bonds is 3. The van der Waals surface area contributed by atoms with Crippen LogP contribution in [0.25, 0.3) is 16.7 Å². The summed E-state index contributed by atoms with van der Waals surface area (Å²) in [4.78, 5) is 0.223. The van der Waals surface area contributed by atoms with Crippen LogP contribution in [0.15, 0.2) is 47.5 Å². The molecule has 3 aromatic heterocycles. The number of sulfonamides is 1. The molecule has 4 heterocycles. The lowest BCUT2D eigenvalue weighted by Crippen LogP contribution is -2.39. The molecule has 0 radical (unpaired) electrons.